The molecule has 0 spiro atoms. The number of carbonyl (C=O) groups is 1. The monoisotopic (exact) mass is 245 g/mol. The fourth-order valence-electron chi connectivity index (χ4n) is 2.03. The molecule has 1 N–H and O–H groups in total. The molecular formula is C14H19N3O. The van der Waals surface area contributed by atoms with Crippen molar-refractivity contribution in [1.82, 2.24) is 14.9 Å². The van der Waals surface area contributed by atoms with E-state index in [9.17, 15) is 4.79 Å². The molecule has 18 heavy (non-hydrogen) atoms. The minimum atomic E-state index is 0.0701. The van der Waals surface area contributed by atoms with Gasteiger partial charge in [-0.1, -0.05) is 6.92 Å². The van der Waals surface area contributed by atoms with Crippen LogP contribution in [-0.4, -0.2) is 21.5 Å². The first kappa shape index (κ1) is 12.6. The first-order valence-corrected chi connectivity index (χ1v) is 6.30. The molecule has 0 radical (unpaired) electrons. The maximum Gasteiger partial charge on any atom is 0.224 e. The standard InChI is InChI=1S/C14H19N3O/c1-4-10(2)16-13(18)8-11-9-17(3)14-12(11)6-5-7-15-14/h5-7,9-10H,4,8H2,1-3H3,(H,16,18). The molecule has 0 aliphatic rings. The third kappa shape index (κ3) is 2.53. The first-order valence-electron chi connectivity index (χ1n) is 6.30. The van der Waals surface area contributed by atoms with Crippen molar-refractivity contribution in [3.8, 4) is 0 Å². The Balaban J connectivity index is 2.19. The molecule has 2 aromatic heterocycles. The lowest BCUT2D eigenvalue weighted by Gasteiger charge is -2.10. The van der Waals surface area contributed by atoms with Gasteiger partial charge in [0, 0.05) is 30.9 Å². The fourth-order valence-corrected chi connectivity index (χ4v) is 2.03. The highest BCUT2D eigenvalue weighted by molar-refractivity contribution is 5.87. The van der Waals surface area contributed by atoms with E-state index in [0.29, 0.717) is 6.42 Å². The van der Waals surface area contributed by atoms with E-state index in [4.69, 9.17) is 0 Å². The van der Waals surface area contributed by atoms with Gasteiger partial charge in [-0.25, -0.2) is 4.98 Å². The van der Waals surface area contributed by atoms with Crippen molar-refractivity contribution in [3.63, 3.8) is 0 Å². The summed E-state index contributed by atoms with van der Waals surface area (Å²) in [6.07, 6.45) is 5.11. The number of nitrogens with zero attached hydrogens (tertiary/aromatic N) is 2. The summed E-state index contributed by atoms with van der Waals surface area (Å²) in [6.45, 7) is 4.08. The van der Waals surface area contributed by atoms with Crippen LogP contribution in [0.2, 0.25) is 0 Å². The van der Waals surface area contributed by atoms with Crippen LogP contribution >= 0.6 is 0 Å². The summed E-state index contributed by atoms with van der Waals surface area (Å²) in [5, 5.41) is 4.04. The largest absolute Gasteiger partial charge is 0.353 e. The van der Waals surface area contributed by atoms with Crippen molar-refractivity contribution in [2.75, 3.05) is 0 Å². The zero-order valence-corrected chi connectivity index (χ0v) is 11.1. The van der Waals surface area contributed by atoms with Crippen LogP contribution in [0.4, 0.5) is 0 Å². The number of hydrogen-bond acceptors (Lipinski definition) is 2. The Morgan fingerprint density at radius 2 is 2.33 bits per heavy atom. The van der Waals surface area contributed by atoms with Crippen molar-refractivity contribution in [1.29, 1.82) is 0 Å². The molecule has 1 unspecified atom stereocenters. The van der Waals surface area contributed by atoms with E-state index in [0.717, 1.165) is 23.0 Å². The van der Waals surface area contributed by atoms with Crippen molar-refractivity contribution in [2.24, 2.45) is 7.05 Å². The molecule has 0 fully saturated rings. The second-order valence-corrected chi connectivity index (χ2v) is 4.69. The van der Waals surface area contributed by atoms with Gasteiger partial charge in [0.1, 0.15) is 5.65 Å². The van der Waals surface area contributed by atoms with Crippen molar-refractivity contribution in [3.05, 3.63) is 30.1 Å². The third-order valence-electron chi connectivity index (χ3n) is 3.19. The molecule has 2 aromatic rings. The smallest absolute Gasteiger partial charge is 0.224 e. The highest BCUT2D eigenvalue weighted by Crippen LogP contribution is 2.18. The number of amides is 1. The second kappa shape index (κ2) is 5.21. The second-order valence-electron chi connectivity index (χ2n) is 4.69. The van der Waals surface area contributed by atoms with Gasteiger partial charge in [-0.15, -0.1) is 0 Å². The molecule has 0 bridgehead atoms. The van der Waals surface area contributed by atoms with Crippen LogP contribution in [0.25, 0.3) is 11.0 Å². The van der Waals surface area contributed by atoms with Crippen LogP contribution in [0.1, 0.15) is 25.8 Å². The van der Waals surface area contributed by atoms with E-state index in [-0.39, 0.29) is 11.9 Å². The number of fused-ring (bicyclic) bond motifs is 1. The molecule has 2 rings (SSSR count). The molecule has 1 amide bonds. The summed E-state index contributed by atoms with van der Waals surface area (Å²) in [4.78, 5) is 16.2. The van der Waals surface area contributed by atoms with Gasteiger partial charge in [0.15, 0.2) is 0 Å². The van der Waals surface area contributed by atoms with Crippen LogP contribution in [0.5, 0.6) is 0 Å². The number of carbonyl (C=O) groups excluding carboxylic acids is 1. The summed E-state index contributed by atoms with van der Waals surface area (Å²) in [7, 11) is 1.95. The van der Waals surface area contributed by atoms with Crippen molar-refractivity contribution in [2.45, 2.75) is 32.7 Å². The summed E-state index contributed by atoms with van der Waals surface area (Å²) in [5.74, 6) is 0.0701. The maximum atomic E-state index is 11.9. The van der Waals surface area contributed by atoms with E-state index in [2.05, 4.69) is 17.2 Å². The van der Waals surface area contributed by atoms with Gasteiger partial charge in [0.2, 0.25) is 5.91 Å². The average molecular weight is 245 g/mol. The van der Waals surface area contributed by atoms with Gasteiger partial charge in [-0.3, -0.25) is 4.79 Å². The lowest BCUT2D eigenvalue weighted by molar-refractivity contribution is -0.121. The summed E-state index contributed by atoms with van der Waals surface area (Å²) >= 11 is 0. The Morgan fingerprint density at radius 3 is 3.06 bits per heavy atom. The first-order chi connectivity index (χ1) is 8.61. The Kier molecular flexibility index (Phi) is 3.65. The third-order valence-corrected chi connectivity index (χ3v) is 3.19. The Bertz CT molecular complexity index is 559. The summed E-state index contributed by atoms with van der Waals surface area (Å²) in [5.41, 5.74) is 1.95. The van der Waals surface area contributed by atoms with Gasteiger partial charge in [0.05, 0.1) is 6.42 Å². The Hall–Kier alpha value is -1.84. The Labute approximate surface area is 107 Å². The summed E-state index contributed by atoms with van der Waals surface area (Å²) in [6, 6.07) is 4.14. The Morgan fingerprint density at radius 1 is 1.56 bits per heavy atom. The van der Waals surface area contributed by atoms with Crippen LogP contribution in [0.15, 0.2) is 24.5 Å². The normalized spacial score (nSPS) is 12.6. The van der Waals surface area contributed by atoms with E-state index < -0.39 is 0 Å². The predicted molar refractivity (Wildman–Crippen MR) is 72.3 cm³/mol. The molecule has 4 nitrogen and oxygen atoms in total. The van der Waals surface area contributed by atoms with Crippen LogP contribution in [0, 0.1) is 0 Å². The zero-order chi connectivity index (χ0) is 13.1. The van der Waals surface area contributed by atoms with Gasteiger partial charge < -0.3 is 9.88 Å². The molecule has 96 valence electrons. The van der Waals surface area contributed by atoms with Gasteiger partial charge in [-0.2, -0.15) is 0 Å². The van der Waals surface area contributed by atoms with Gasteiger partial charge in [0.25, 0.3) is 0 Å². The predicted octanol–water partition coefficient (Wildman–Crippen LogP) is 2.03. The quantitative estimate of drug-likeness (QED) is 0.896. The molecule has 1 atom stereocenters. The van der Waals surface area contributed by atoms with Crippen molar-refractivity contribution >= 4 is 16.9 Å². The number of rotatable bonds is 4. The molecule has 0 saturated heterocycles. The molecule has 2 heterocycles. The molecule has 4 heteroatoms. The minimum Gasteiger partial charge on any atom is -0.353 e. The number of aromatic nitrogens is 2. The SMILES string of the molecule is CCC(C)NC(=O)Cc1cn(C)c2ncccc12. The topological polar surface area (TPSA) is 46.9 Å². The van der Waals surface area contributed by atoms with Crippen LogP contribution in [0.3, 0.4) is 0 Å². The van der Waals surface area contributed by atoms with E-state index in [1.807, 2.05) is 36.9 Å². The van der Waals surface area contributed by atoms with E-state index in [1.54, 1.807) is 6.20 Å². The number of hydrogen-bond donors (Lipinski definition) is 1. The summed E-state index contributed by atoms with van der Waals surface area (Å²) < 4.78 is 1.96. The van der Waals surface area contributed by atoms with Crippen LogP contribution in [-0.2, 0) is 18.3 Å². The lowest BCUT2D eigenvalue weighted by Crippen LogP contribution is -2.33. The van der Waals surface area contributed by atoms with Crippen molar-refractivity contribution < 1.29 is 4.79 Å². The number of pyridine rings is 1. The molecular weight excluding hydrogens is 226 g/mol. The highest BCUT2D eigenvalue weighted by Gasteiger charge is 2.12. The fraction of sp³-hybridized carbons (Fsp3) is 0.429. The average Bonchev–Trinajstić information content (AvgIpc) is 2.67. The zero-order valence-electron chi connectivity index (χ0n) is 11.1. The van der Waals surface area contributed by atoms with Gasteiger partial charge >= 0.3 is 0 Å². The number of aryl methyl sites for hydroxylation is 1. The van der Waals surface area contributed by atoms with E-state index >= 15 is 0 Å². The molecule has 0 aliphatic heterocycles. The van der Waals surface area contributed by atoms with Gasteiger partial charge in [-0.05, 0) is 31.0 Å². The maximum absolute atomic E-state index is 11.9. The molecule has 0 aliphatic carbocycles. The lowest BCUT2D eigenvalue weighted by atomic mass is 10.1. The number of nitrogens with one attached hydrogen (secondary N) is 1. The van der Waals surface area contributed by atoms with E-state index in [1.165, 1.54) is 0 Å². The van der Waals surface area contributed by atoms with Crippen LogP contribution < -0.4 is 5.32 Å². The molecule has 0 saturated carbocycles. The molecule has 0 aromatic carbocycles. The highest BCUT2D eigenvalue weighted by atomic mass is 16.1. The minimum absolute atomic E-state index is 0.0701.